The summed E-state index contributed by atoms with van der Waals surface area (Å²) >= 11 is 0. The lowest BCUT2D eigenvalue weighted by Gasteiger charge is -2.44. The van der Waals surface area contributed by atoms with E-state index in [1.807, 2.05) is 0 Å². The fourth-order valence-electron chi connectivity index (χ4n) is 3.10. The van der Waals surface area contributed by atoms with Crippen molar-refractivity contribution in [2.24, 2.45) is 0 Å². The van der Waals surface area contributed by atoms with Crippen molar-refractivity contribution in [3.63, 3.8) is 0 Å². The Bertz CT molecular complexity index is 862. The third-order valence-electron chi connectivity index (χ3n) is 4.36. The van der Waals surface area contributed by atoms with Crippen LogP contribution in [0.1, 0.15) is 53.5 Å². The predicted octanol–water partition coefficient (Wildman–Crippen LogP) is -0.239. The molecule has 13 heteroatoms. The summed E-state index contributed by atoms with van der Waals surface area (Å²) in [6.45, 7) is 7.21. The van der Waals surface area contributed by atoms with Crippen LogP contribution in [0.4, 0.5) is 0 Å². The zero-order valence-corrected chi connectivity index (χ0v) is 18.6. The molecule has 0 unspecified atom stereocenters. The van der Waals surface area contributed by atoms with E-state index in [0.29, 0.717) is 0 Å². The molecule has 0 spiro atoms. The fourth-order valence-corrected chi connectivity index (χ4v) is 3.10. The second kappa shape index (κ2) is 10.0. The van der Waals surface area contributed by atoms with Crippen LogP contribution in [0.5, 0.6) is 0 Å². The molecule has 178 valence electrons. The summed E-state index contributed by atoms with van der Waals surface area (Å²) < 4.78 is 28.1. The van der Waals surface area contributed by atoms with Gasteiger partial charge in [0.25, 0.3) is 0 Å². The number of nitrogens with zero attached hydrogens (tertiary/aromatic N) is 3. The molecule has 2 heterocycles. The van der Waals surface area contributed by atoms with Gasteiger partial charge in [0.05, 0.1) is 6.20 Å². The first-order valence-corrected chi connectivity index (χ1v) is 9.74. The van der Waals surface area contributed by atoms with Gasteiger partial charge in [0.1, 0.15) is 24.0 Å². The molecule has 1 aliphatic rings. The molecule has 0 aromatic carbocycles. The highest BCUT2D eigenvalue weighted by Crippen LogP contribution is 2.34. The van der Waals surface area contributed by atoms with Gasteiger partial charge in [0.15, 0.2) is 24.5 Å². The molecule has 0 saturated carbocycles. The molecular formula is C19H27N3O10. The molecule has 1 aliphatic heterocycles. The van der Waals surface area contributed by atoms with Crippen LogP contribution in [0, 0.1) is 0 Å². The number of rotatable bonds is 7. The van der Waals surface area contributed by atoms with Crippen molar-refractivity contribution in [1.82, 2.24) is 15.0 Å². The van der Waals surface area contributed by atoms with Crippen molar-refractivity contribution in [2.75, 3.05) is 6.61 Å². The van der Waals surface area contributed by atoms with E-state index in [1.54, 1.807) is 0 Å². The summed E-state index contributed by atoms with van der Waals surface area (Å²) in [6.07, 6.45) is -4.88. The summed E-state index contributed by atoms with van der Waals surface area (Å²) in [5.41, 5.74) is -1.15. The lowest BCUT2D eigenvalue weighted by Crippen LogP contribution is -2.60. The van der Waals surface area contributed by atoms with Gasteiger partial charge in [-0.25, -0.2) is 4.68 Å². The van der Waals surface area contributed by atoms with Crippen molar-refractivity contribution in [1.29, 1.82) is 0 Å². The van der Waals surface area contributed by atoms with Crippen LogP contribution in [0.25, 0.3) is 0 Å². The van der Waals surface area contributed by atoms with Gasteiger partial charge < -0.3 is 28.8 Å². The molecule has 1 aromatic rings. The number of aromatic nitrogens is 3. The smallest absolute Gasteiger partial charge is 0.303 e. The quantitative estimate of drug-likeness (QED) is 0.422. The highest BCUT2D eigenvalue weighted by Gasteiger charge is 2.53. The maximum Gasteiger partial charge on any atom is 0.303 e. The van der Waals surface area contributed by atoms with Crippen molar-refractivity contribution < 1.29 is 48.0 Å². The van der Waals surface area contributed by atoms with Gasteiger partial charge in [-0.3, -0.25) is 19.2 Å². The Balaban J connectivity index is 2.54. The average molecular weight is 457 g/mol. The summed E-state index contributed by atoms with van der Waals surface area (Å²) in [5.74, 6) is -2.83. The number of aliphatic hydroxyl groups is 1. The van der Waals surface area contributed by atoms with E-state index < -0.39 is 60.1 Å². The monoisotopic (exact) mass is 457 g/mol. The summed E-state index contributed by atoms with van der Waals surface area (Å²) in [5, 5.41) is 18.0. The van der Waals surface area contributed by atoms with Crippen molar-refractivity contribution in [3.05, 3.63) is 11.9 Å². The SMILES string of the molecule is CC(=O)OC[C@H]1O[C@@H](n2cc(C(C)(C)O)nn2)[C@H](OC(C)=O)[C@@H](OC(C)=O)[C@H]1OC(C)=O. The Morgan fingerprint density at radius 1 is 0.969 bits per heavy atom. The second-order valence-electron chi connectivity index (χ2n) is 7.73. The van der Waals surface area contributed by atoms with Gasteiger partial charge in [0, 0.05) is 27.7 Å². The third-order valence-corrected chi connectivity index (χ3v) is 4.36. The zero-order valence-electron chi connectivity index (χ0n) is 18.6. The number of hydrogen-bond donors (Lipinski definition) is 1. The van der Waals surface area contributed by atoms with Crippen LogP contribution in [0.2, 0.25) is 0 Å². The molecule has 0 aliphatic carbocycles. The third kappa shape index (κ3) is 6.47. The molecule has 1 fully saturated rings. The lowest BCUT2D eigenvalue weighted by molar-refractivity contribution is -0.270. The van der Waals surface area contributed by atoms with Crippen molar-refractivity contribution >= 4 is 23.9 Å². The Labute approximate surface area is 183 Å². The van der Waals surface area contributed by atoms with Crippen LogP contribution in [0.15, 0.2) is 6.20 Å². The Morgan fingerprint density at radius 2 is 1.50 bits per heavy atom. The number of ether oxygens (including phenoxy) is 5. The number of carbonyl (C=O) groups is 4. The minimum Gasteiger partial charge on any atom is -0.463 e. The first kappa shape index (κ1) is 25.2. The molecule has 0 amide bonds. The van der Waals surface area contributed by atoms with Crippen LogP contribution in [-0.2, 0) is 48.5 Å². The first-order chi connectivity index (χ1) is 14.8. The topological polar surface area (TPSA) is 165 Å². The fraction of sp³-hybridized carbons (Fsp3) is 0.684. The molecule has 13 nitrogen and oxygen atoms in total. The summed E-state index contributed by atoms with van der Waals surface area (Å²) in [6, 6.07) is 0. The van der Waals surface area contributed by atoms with E-state index in [1.165, 1.54) is 31.6 Å². The van der Waals surface area contributed by atoms with E-state index in [4.69, 9.17) is 23.7 Å². The molecule has 1 saturated heterocycles. The van der Waals surface area contributed by atoms with E-state index in [9.17, 15) is 24.3 Å². The first-order valence-electron chi connectivity index (χ1n) is 9.74. The molecule has 0 bridgehead atoms. The van der Waals surface area contributed by atoms with Crippen LogP contribution in [-0.4, -0.2) is 75.0 Å². The van der Waals surface area contributed by atoms with E-state index >= 15 is 0 Å². The highest BCUT2D eigenvalue weighted by molar-refractivity contribution is 5.68. The zero-order chi connectivity index (χ0) is 24.2. The minimum atomic E-state index is -1.34. The van der Waals surface area contributed by atoms with Gasteiger partial charge in [-0.1, -0.05) is 5.21 Å². The normalized spacial score (nSPS) is 25.5. The lowest BCUT2D eigenvalue weighted by atomic mass is 9.97. The highest BCUT2D eigenvalue weighted by atomic mass is 16.7. The van der Waals surface area contributed by atoms with Crippen LogP contribution in [0.3, 0.4) is 0 Å². The number of esters is 4. The van der Waals surface area contributed by atoms with E-state index in [0.717, 1.165) is 20.8 Å². The van der Waals surface area contributed by atoms with Gasteiger partial charge in [0.2, 0.25) is 0 Å². The Kier molecular flexibility index (Phi) is 7.91. The van der Waals surface area contributed by atoms with Crippen LogP contribution < -0.4 is 0 Å². The number of carbonyl (C=O) groups excluding carboxylic acids is 4. The van der Waals surface area contributed by atoms with Gasteiger partial charge in [-0.05, 0) is 13.8 Å². The van der Waals surface area contributed by atoms with E-state index in [-0.39, 0.29) is 12.3 Å². The molecule has 1 aromatic heterocycles. The molecular weight excluding hydrogens is 430 g/mol. The standard InChI is InChI=1S/C19H27N3O10/c1-9(23)28-8-13-15(29-10(2)24)16(30-11(3)25)17(31-12(4)26)18(32-13)22-7-14(20-21-22)19(5,6)27/h7,13,15-18,27H,8H2,1-6H3/t13-,15+,16+,17-,18-/m1/s1. The molecule has 32 heavy (non-hydrogen) atoms. The average Bonchev–Trinajstić information content (AvgIpc) is 3.12. The van der Waals surface area contributed by atoms with Gasteiger partial charge in [-0.2, -0.15) is 0 Å². The van der Waals surface area contributed by atoms with Crippen LogP contribution >= 0.6 is 0 Å². The molecule has 0 radical (unpaired) electrons. The molecule has 1 N–H and O–H groups in total. The van der Waals surface area contributed by atoms with Gasteiger partial charge in [-0.15, -0.1) is 5.10 Å². The Hall–Kier alpha value is -3.06. The minimum absolute atomic E-state index is 0.186. The van der Waals surface area contributed by atoms with Gasteiger partial charge >= 0.3 is 23.9 Å². The largest absolute Gasteiger partial charge is 0.463 e. The second-order valence-corrected chi connectivity index (χ2v) is 7.73. The number of hydrogen-bond acceptors (Lipinski definition) is 12. The maximum atomic E-state index is 11.8. The summed E-state index contributed by atoms with van der Waals surface area (Å²) in [4.78, 5) is 46.7. The molecule has 5 atom stereocenters. The summed E-state index contributed by atoms with van der Waals surface area (Å²) in [7, 11) is 0. The maximum absolute atomic E-state index is 11.8. The molecule has 2 rings (SSSR count). The van der Waals surface area contributed by atoms with E-state index in [2.05, 4.69) is 10.3 Å². The van der Waals surface area contributed by atoms with Crippen molar-refractivity contribution in [2.45, 2.75) is 77.8 Å². The predicted molar refractivity (Wildman–Crippen MR) is 102 cm³/mol. The van der Waals surface area contributed by atoms with Crippen molar-refractivity contribution in [3.8, 4) is 0 Å². The Morgan fingerprint density at radius 3 is 1.97 bits per heavy atom.